The number of halogens is 1. The number of nitrogens with zero attached hydrogens (tertiary/aromatic N) is 6. The molecule has 41 heavy (non-hydrogen) atoms. The fourth-order valence-corrected chi connectivity index (χ4v) is 7.08. The molecule has 0 atom stereocenters. The molecule has 2 aliphatic rings. The zero-order valence-corrected chi connectivity index (χ0v) is 24.6. The van der Waals surface area contributed by atoms with E-state index >= 15 is 0 Å². The first kappa shape index (κ1) is 26.4. The van der Waals surface area contributed by atoms with Crippen molar-refractivity contribution >= 4 is 44.7 Å². The minimum atomic E-state index is 0.468. The quantitative estimate of drug-likeness (QED) is 0.244. The Bertz CT molecular complexity index is 1680. The second-order valence-corrected chi connectivity index (χ2v) is 12.2. The van der Waals surface area contributed by atoms with E-state index in [2.05, 4.69) is 43.0 Å². The van der Waals surface area contributed by atoms with Crippen LogP contribution in [-0.2, 0) is 26.0 Å². The number of thiophene rings is 1. The molecule has 7 rings (SSSR count). The number of fused-ring (bicyclic) bond motifs is 5. The Kier molecular flexibility index (Phi) is 7.35. The lowest BCUT2D eigenvalue weighted by Crippen LogP contribution is -2.45. The summed E-state index contributed by atoms with van der Waals surface area (Å²) in [4.78, 5) is 16.5. The average Bonchev–Trinajstić information content (AvgIpc) is 3.59. The number of benzene rings is 2. The number of ether oxygens (including phenoxy) is 1. The molecule has 3 aromatic heterocycles. The molecular formula is C31H32ClN7OS. The van der Waals surface area contributed by atoms with Crippen LogP contribution in [0.1, 0.15) is 16.8 Å². The fraction of sp³-hybridized carbons (Fsp3) is 0.323. The van der Waals surface area contributed by atoms with Crippen molar-refractivity contribution in [3.8, 4) is 16.2 Å². The van der Waals surface area contributed by atoms with Crippen LogP contribution in [0.4, 0.5) is 11.5 Å². The third-order valence-corrected chi connectivity index (χ3v) is 9.42. The molecule has 210 valence electrons. The number of hydrogen-bond acceptors (Lipinski definition) is 8. The average molecular weight is 586 g/mol. The van der Waals surface area contributed by atoms with Crippen LogP contribution in [0.25, 0.3) is 20.7 Å². The topological polar surface area (TPSA) is 71.3 Å². The van der Waals surface area contributed by atoms with Gasteiger partial charge < -0.3 is 15.0 Å². The maximum Gasteiger partial charge on any atom is 0.142 e. The van der Waals surface area contributed by atoms with Gasteiger partial charge in [-0.15, -0.1) is 11.3 Å². The molecule has 1 saturated heterocycles. The number of nitrogens with one attached hydrogen (secondary N) is 1. The standard InChI is InChI=1S/C31H32ClN7OS/c1-37-11-13-38(14-12-37)15-16-39-18-24-26(36-39)9-8-23-28-30(33-20-34-31(28)41-29(23)24)35-22-7-10-27(25(32)17-22)40-19-21-5-3-2-4-6-21/h2-7,10,17-18,20H,8-9,11-16,19H2,1H3,(H,33,34,35). The summed E-state index contributed by atoms with van der Waals surface area (Å²) in [5.41, 5.74) is 5.67. The number of rotatable bonds is 8. The number of piperazine rings is 1. The Labute approximate surface area is 248 Å². The molecule has 0 bridgehead atoms. The Morgan fingerprint density at radius 3 is 2.68 bits per heavy atom. The molecule has 0 saturated carbocycles. The van der Waals surface area contributed by atoms with Crippen molar-refractivity contribution in [2.24, 2.45) is 0 Å². The SMILES string of the molecule is CN1CCN(CCn2cc3c(n2)CCc2c-3sc3ncnc(Nc4ccc(OCc5ccccc5)c(Cl)c4)c23)CC1. The highest BCUT2D eigenvalue weighted by atomic mass is 35.5. The monoisotopic (exact) mass is 585 g/mol. The third kappa shape index (κ3) is 5.55. The van der Waals surface area contributed by atoms with Crippen LogP contribution >= 0.6 is 22.9 Å². The second kappa shape index (κ2) is 11.4. The van der Waals surface area contributed by atoms with Gasteiger partial charge in [0.15, 0.2) is 0 Å². The van der Waals surface area contributed by atoms with Crippen molar-refractivity contribution < 1.29 is 4.74 Å². The highest BCUT2D eigenvalue weighted by Crippen LogP contribution is 2.45. The van der Waals surface area contributed by atoms with E-state index in [0.29, 0.717) is 17.4 Å². The summed E-state index contributed by atoms with van der Waals surface area (Å²) >= 11 is 8.33. The lowest BCUT2D eigenvalue weighted by atomic mass is 9.95. The Morgan fingerprint density at radius 1 is 1.00 bits per heavy atom. The second-order valence-electron chi connectivity index (χ2n) is 10.8. The van der Waals surface area contributed by atoms with E-state index in [1.165, 1.54) is 21.7 Å². The Hall–Kier alpha value is -3.50. The molecule has 1 aliphatic carbocycles. The largest absolute Gasteiger partial charge is 0.487 e. The van der Waals surface area contributed by atoms with Crippen molar-refractivity contribution in [1.82, 2.24) is 29.5 Å². The third-order valence-electron chi connectivity index (χ3n) is 7.95. The van der Waals surface area contributed by atoms with Crippen molar-refractivity contribution in [1.29, 1.82) is 0 Å². The Balaban J connectivity index is 1.09. The van der Waals surface area contributed by atoms with Crippen molar-refractivity contribution in [3.63, 3.8) is 0 Å². The predicted molar refractivity (Wildman–Crippen MR) is 165 cm³/mol. The van der Waals surface area contributed by atoms with E-state index in [9.17, 15) is 0 Å². The van der Waals surface area contributed by atoms with E-state index < -0.39 is 0 Å². The van der Waals surface area contributed by atoms with Crippen LogP contribution in [0.15, 0.2) is 61.1 Å². The van der Waals surface area contributed by atoms with Crippen molar-refractivity contribution in [2.75, 3.05) is 45.1 Å². The van der Waals surface area contributed by atoms with Gasteiger partial charge in [0, 0.05) is 55.0 Å². The maximum absolute atomic E-state index is 6.60. The number of aryl methyl sites for hydroxylation is 2. The maximum atomic E-state index is 6.60. The summed E-state index contributed by atoms with van der Waals surface area (Å²) in [5, 5.41) is 10.1. The van der Waals surface area contributed by atoms with Crippen LogP contribution in [0.5, 0.6) is 5.75 Å². The number of aromatic nitrogens is 4. The Morgan fingerprint density at radius 2 is 1.85 bits per heavy atom. The predicted octanol–water partition coefficient (Wildman–Crippen LogP) is 5.88. The number of hydrogen-bond donors (Lipinski definition) is 1. The zero-order valence-electron chi connectivity index (χ0n) is 23.0. The molecule has 5 aromatic rings. The van der Waals surface area contributed by atoms with Gasteiger partial charge in [-0.05, 0) is 49.2 Å². The normalized spacial score (nSPS) is 15.6. The van der Waals surface area contributed by atoms with Gasteiger partial charge in [0.05, 0.1) is 22.6 Å². The molecule has 1 aliphatic heterocycles. The zero-order chi connectivity index (χ0) is 27.8. The fourth-order valence-electron chi connectivity index (χ4n) is 5.62. The first-order valence-electron chi connectivity index (χ1n) is 14.1. The summed E-state index contributed by atoms with van der Waals surface area (Å²) in [6.07, 6.45) is 5.70. The summed E-state index contributed by atoms with van der Waals surface area (Å²) in [6.45, 7) is 6.94. The van der Waals surface area contributed by atoms with Gasteiger partial charge >= 0.3 is 0 Å². The molecule has 0 amide bonds. The smallest absolute Gasteiger partial charge is 0.142 e. The molecule has 10 heteroatoms. The highest BCUT2D eigenvalue weighted by Gasteiger charge is 2.26. The van der Waals surface area contributed by atoms with Crippen LogP contribution in [0, 0.1) is 0 Å². The molecular weight excluding hydrogens is 554 g/mol. The first-order chi connectivity index (χ1) is 20.1. The van der Waals surface area contributed by atoms with Gasteiger partial charge in [-0.2, -0.15) is 5.10 Å². The molecule has 8 nitrogen and oxygen atoms in total. The van der Waals surface area contributed by atoms with Gasteiger partial charge in [0.25, 0.3) is 0 Å². The molecule has 2 aromatic carbocycles. The summed E-state index contributed by atoms with van der Waals surface area (Å²) in [7, 11) is 2.20. The minimum Gasteiger partial charge on any atom is -0.487 e. The van der Waals surface area contributed by atoms with Gasteiger partial charge in [-0.3, -0.25) is 9.58 Å². The van der Waals surface area contributed by atoms with Gasteiger partial charge in [-0.25, -0.2) is 9.97 Å². The summed E-state index contributed by atoms with van der Waals surface area (Å²) < 4.78 is 8.09. The molecule has 1 fully saturated rings. The van der Waals surface area contributed by atoms with Gasteiger partial charge in [-0.1, -0.05) is 41.9 Å². The van der Waals surface area contributed by atoms with E-state index in [1.807, 2.05) is 48.5 Å². The molecule has 1 N–H and O–H groups in total. The van der Waals surface area contributed by atoms with Crippen LogP contribution < -0.4 is 10.1 Å². The van der Waals surface area contributed by atoms with Gasteiger partial charge in [0.2, 0.25) is 0 Å². The molecule has 0 spiro atoms. The van der Waals surface area contributed by atoms with Crippen molar-refractivity contribution in [2.45, 2.75) is 26.0 Å². The summed E-state index contributed by atoms with van der Waals surface area (Å²) in [5.74, 6) is 1.45. The first-order valence-corrected chi connectivity index (χ1v) is 15.3. The van der Waals surface area contributed by atoms with Crippen LogP contribution in [0.3, 0.4) is 0 Å². The van der Waals surface area contributed by atoms with E-state index in [0.717, 1.165) is 79.4 Å². The molecule has 0 radical (unpaired) electrons. The van der Waals surface area contributed by atoms with Crippen LogP contribution in [0.2, 0.25) is 5.02 Å². The summed E-state index contributed by atoms with van der Waals surface area (Å²) in [6, 6.07) is 15.8. The molecule has 4 heterocycles. The van der Waals surface area contributed by atoms with Crippen molar-refractivity contribution in [3.05, 3.63) is 82.9 Å². The number of likely N-dealkylation sites (N-methyl/N-ethyl adjacent to an activating group) is 1. The lowest BCUT2D eigenvalue weighted by molar-refractivity contribution is 0.148. The molecule has 0 unspecified atom stereocenters. The van der Waals surface area contributed by atoms with E-state index in [-0.39, 0.29) is 0 Å². The number of anilines is 2. The van der Waals surface area contributed by atoms with Crippen LogP contribution in [-0.4, -0.2) is 69.3 Å². The highest BCUT2D eigenvalue weighted by molar-refractivity contribution is 7.22. The lowest BCUT2D eigenvalue weighted by Gasteiger charge is -2.32. The van der Waals surface area contributed by atoms with Gasteiger partial charge in [0.1, 0.15) is 29.3 Å². The van der Waals surface area contributed by atoms with E-state index in [1.54, 1.807) is 17.7 Å². The van der Waals surface area contributed by atoms with E-state index in [4.69, 9.17) is 21.4 Å². The minimum absolute atomic E-state index is 0.468.